The molecule has 1 heterocycles. The lowest BCUT2D eigenvalue weighted by Gasteiger charge is -2.30. The number of nitrogens with zero attached hydrogens (tertiary/aromatic N) is 1. The van der Waals surface area contributed by atoms with Crippen molar-refractivity contribution < 1.29 is 0 Å². The van der Waals surface area contributed by atoms with Crippen LogP contribution in [-0.2, 0) is 19.5 Å². The molecule has 2 aromatic rings. The van der Waals surface area contributed by atoms with Crippen molar-refractivity contribution in [3.63, 3.8) is 0 Å². The molecule has 0 spiro atoms. The van der Waals surface area contributed by atoms with Crippen LogP contribution in [0, 0.1) is 0 Å². The highest BCUT2D eigenvalue weighted by Gasteiger charge is 2.19. The van der Waals surface area contributed by atoms with E-state index in [2.05, 4.69) is 81.7 Å². The summed E-state index contributed by atoms with van der Waals surface area (Å²) in [6.45, 7) is 3.03. The van der Waals surface area contributed by atoms with Crippen molar-refractivity contribution in [1.82, 2.24) is 10.2 Å². The van der Waals surface area contributed by atoms with E-state index in [1.54, 1.807) is 0 Å². The van der Waals surface area contributed by atoms with Crippen molar-refractivity contribution in [3.05, 3.63) is 69.7 Å². The Bertz CT molecular complexity index is 612. The fourth-order valence-corrected chi connectivity index (χ4v) is 3.42. The number of nitrogens with one attached hydrogen (secondary N) is 1. The number of halogens is 1. The van der Waals surface area contributed by atoms with Gasteiger partial charge in [-0.15, -0.1) is 0 Å². The van der Waals surface area contributed by atoms with E-state index >= 15 is 0 Å². The van der Waals surface area contributed by atoms with E-state index in [0.717, 1.165) is 26.1 Å². The molecule has 2 nitrogen and oxygen atoms in total. The van der Waals surface area contributed by atoms with Gasteiger partial charge in [0, 0.05) is 30.1 Å². The molecule has 0 fully saturated rings. The number of hydrogen-bond acceptors (Lipinski definition) is 2. The first-order valence-corrected chi connectivity index (χ1v) is 8.24. The van der Waals surface area contributed by atoms with Gasteiger partial charge in [-0.3, -0.25) is 0 Å². The average molecular weight is 345 g/mol. The lowest BCUT2D eigenvalue weighted by atomic mass is 9.95. The normalized spacial score (nSPS) is 17.8. The largest absolute Gasteiger partial charge is 0.308 e. The molecule has 110 valence electrons. The van der Waals surface area contributed by atoms with Gasteiger partial charge in [0.2, 0.25) is 0 Å². The van der Waals surface area contributed by atoms with Crippen molar-refractivity contribution in [2.24, 2.45) is 0 Å². The van der Waals surface area contributed by atoms with Crippen molar-refractivity contribution in [1.29, 1.82) is 0 Å². The predicted molar refractivity (Wildman–Crippen MR) is 91.2 cm³/mol. The van der Waals surface area contributed by atoms with Gasteiger partial charge in [-0.05, 0) is 36.2 Å². The summed E-state index contributed by atoms with van der Waals surface area (Å²) in [4.78, 5) is 2.39. The van der Waals surface area contributed by atoms with Gasteiger partial charge in [0.05, 0.1) is 0 Å². The number of benzene rings is 2. The summed E-state index contributed by atoms with van der Waals surface area (Å²) in [5, 5.41) is 3.65. The standard InChI is InChI=1S/C18H21BrN2/c1-21(12-16-8-4-5-9-18(16)19)13-17-10-14-6-2-3-7-15(14)11-20-17/h2-9,17,20H,10-13H2,1H3. The highest BCUT2D eigenvalue weighted by atomic mass is 79.9. The van der Waals surface area contributed by atoms with Crippen molar-refractivity contribution in [2.75, 3.05) is 13.6 Å². The zero-order valence-electron chi connectivity index (χ0n) is 12.3. The maximum absolute atomic E-state index is 3.65. The highest BCUT2D eigenvalue weighted by Crippen LogP contribution is 2.19. The quantitative estimate of drug-likeness (QED) is 0.911. The van der Waals surface area contributed by atoms with Crippen LogP contribution in [0.4, 0.5) is 0 Å². The van der Waals surface area contributed by atoms with E-state index in [9.17, 15) is 0 Å². The molecular formula is C18H21BrN2. The maximum Gasteiger partial charge on any atom is 0.0242 e. The molecule has 1 N–H and O–H groups in total. The van der Waals surface area contributed by atoms with Gasteiger partial charge in [0.15, 0.2) is 0 Å². The summed E-state index contributed by atoms with van der Waals surface area (Å²) >= 11 is 3.63. The van der Waals surface area contributed by atoms with Crippen molar-refractivity contribution in [3.8, 4) is 0 Å². The maximum atomic E-state index is 3.65. The van der Waals surface area contributed by atoms with E-state index in [0.29, 0.717) is 6.04 Å². The molecule has 0 radical (unpaired) electrons. The first-order chi connectivity index (χ1) is 10.2. The second-order valence-electron chi connectivity index (χ2n) is 5.84. The summed E-state index contributed by atoms with van der Waals surface area (Å²) in [5.41, 5.74) is 4.29. The number of hydrogen-bond donors (Lipinski definition) is 1. The summed E-state index contributed by atoms with van der Waals surface area (Å²) < 4.78 is 1.19. The van der Waals surface area contributed by atoms with Gasteiger partial charge < -0.3 is 10.2 Å². The SMILES string of the molecule is CN(Cc1ccccc1Br)CC1Cc2ccccc2CN1. The van der Waals surface area contributed by atoms with Gasteiger partial charge in [-0.2, -0.15) is 0 Å². The summed E-state index contributed by atoms with van der Waals surface area (Å²) in [6, 6.07) is 17.7. The predicted octanol–water partition coefficient (Wildman–Crippen LogP) is 3.60. The molecule has 0 saturated carbocycles. The van der Waals surface area contributed by atoms with Gasteiger partial charge in [-0.25, -0.2) is 0 Å². The second-order valence-corrected chi connectivity index (χ2v) is 6.69. The van der Waals surface area contributed by atoms with Gasteiger partial charge >= 0.3 is 0 Å². The van der Waals surface area contributed by atoms with Crippen LogP contribution >= 0.6 is 15.9 Å². The van der Waals surface area contributed by atoms with Crippen LogP contribution in [0.2, 0.25) is 0 Å². The van der Waals surface area contributed by atoms with Crippen LogP contribution in [0.15, 0.2) is 53.0 Å². The first kappa shape index (κ1) is 14.8. The number of rotatable bonds is 4. The average Bonchev–Trinajstić information content (AvgIpc) is 2.49. The Kier molecular flexibility index (Phi) is 4.73. The Morgan fingerprint density at radius 3 is 2.62 bits per heavy atom. The molecule has 0 aliphatic carbocycles. The van der Waals surface area contributed by atoms with Crippen molar-refractivity contribution in [2.45, 2.75) is 25.6 Å². The molecule has 0 aromatic heterocycles. The van der Waals surface area contributed by atoms with Crippen LogP contribution in [0.5, 0.6) is 0 Å². The van der Waals surface area contributed by atoms with E-state index in [1.807, 2.05) is 0 Å². The van der Waals surface area contributed by atoms with Crippen LogP contribution in [0.25, 0.3) is 0 Å². The van der Waals surface area contributed by atoms with Crippen LogP contribution in [0.1, 0.15) is 16.7 Å². The fourth-order valence-electron chi connectivity index (χ4n) is 3.01. The van der Waals surface area contributed by atoms with Gasteiger partial charge in [-0.1, -0.05) is 58.4 Å². The van der Waals surface area contributed by atoms with Crippen LogP contribution in [0.3, 0.4) is 0 Å². The summed E-state index contributed by atoms with van der Waals surface area (Å²) in [7, 11) is 2.20. The molecular weight excluding hydrogens is 324 g/mol. The smallest absolute Gasteiger partial charge is 0.0242 e. The Labute approximate surface area is 135 Å². The minimum absolute atomic E-state index is 0.535. The number of likely N-dealkylation sites (N-methyl/N-ethyl adjacent to an activating group) is 1. The molecule has 1 aliphatic heterocycles. The second kappa shape index (κ2) is 6.73. The molecule has 1 atom stereocenters. The Balaban J connectivity index is 1.59. The lowest BCUT2D eigenvalue weighted by Crippen LogP contribution is -2.43. The molecule has 0 bridgehead atoms. The molecule has 1 aliphatic rings. The monoisotopic (exact) mass is 344 g/mol. The fraction of sp³-hybridized carbons (Fsp3) is 0.333. The minimum Gasteiger partial charge on any atom is -0.308 e. The lowest BCUT2D eigenvalue weighted by molar-refractivity contribution is 0.273. The number of fused-ring (bicyclic) bond motifs is 1. The first-order valence-electron chi connectivity index (χ1n) is 7.44. The van der Waals surface area contributed by atoms with Gasteiger partial charge in [0.1, 0.15) is 0 Å². The molecule has 21 heavy (non-hydrogen) atoms. The molecule has 2 aromatic carbocycles. The van der Waals surface area contributed by atoms with E-state index in [-0.39, 0.29) is 0 Å². The molecule has 3 rings (SSSR count). The molecule has 0 amide bonds. The van der Waals surface area contributed by atoms with Gasteiger partial charge in [0.25, 0.3) is 0 Å². The zero-order valence-corrected chi connectivity index (χ0v) is 13.9. The van der Waals surface area contributed by atoms with E-state index in [4.69, 9.17) is 0 Å². The van der Waals surface area contributed by atoms with E-state index in [1.165, 1.54) is 21.2 Å². The zero-order chi connectivity index (χ0) is 14.7. The highest BCUT2D eigenvalue weighted by molar-refractivity contribution is 9.10. The minimum atomic E-state index is 0.535. The Morgan fingerprint density at radius 2 is 1.81 bits per heavy atom. The third-order valence-corrected chi connectivity index (χ3v) is 4.87. The molecule has 0 saturated heterocycles. The van der Waals surface area contributed by atoms with Crippen LogP contribution < -0.4 is 5.32 Å². The topological polar surface area (TPSA) is 15.3 Å². The van der Waals surface area contributed by atoms with E-state index < -0.39 is 0 Å². The Hall–Kier alpha value is -1.16. The van der Waals surface area contributed by atoms with Crippen LogP contribution in [-0.4, -0.2) is 24.5 Å². The molecule has 3 heteroatoms. The third kappa shape index (κ3) is 3.73. The third-order valence-electron chi connectivity index (χ3n) is 4.10. The summed E-state index contributed by atoms with van der Waals surface area (Å²) in [6.07, 6.45) is 1.12. The molecule has 1 unspecified atom stereocenters. The van der Waals surface area contributed by atoms with Crippen molar-refractivity contribution >= 4 is 15.9 Å². The summed E-state index contributed by atoms with van der Waals surface area (Å²) in [5.74, 6) is 0. The Morgan fingerprint density at radius 1 is 1.10 bits per heavy atom.